The SMILES string of the molecule is CN([O-])C12CCCC1C1CCC2C1. The summed E-state index contributed by atoms with van der Waals surface area (Å²) in [5, 5.41) is 13.1. The molecular weight excluding hydrogens is 162 g/mol. The van der Waals surface area contributed by atoms with Crippen LogP contribution in [-0.4, -0.2) is 17.6 Å². The third-order valence-corrected chi connectivity index (χ3v) is 5.07. The summed E-state index contributed by atoms with van der Waals surface area (Å²) in [6.45, 7) is 0. The maximum absolute atomic E-state index is 11.8. The molecule has 4 atom stereocenters. The highest BCUT2D eigenvalue weighted by Crippen LogP contribution is 2.62. The molecule has 0 aromatic carbocycles. The Morgan fingerprint density at radius 2 is 2.15 bits per heavy atom. The van der Waals surface area contributed by atoms with Gasteiger partial charge in [0, 0.05) is 5.54 Å². The Morgan fingerprint density at radius 3 is 2.85 bits per heavy atom. The summed E-state index contributed by atoms with van der Waals surface area (Å²) in [5.41, 5.74) is 0.100. The molecule has 3 saturated carbocycles. The molecule has 3 aliphatic carbocycles. The number of nitrogens with zero attached hydrogens (tertiary/aromatic N) is 1. The van der Waals surface area contributed by atoms with Gasteiger partial charge in [-0.25, -0.2) is 0 Å². The summed E-state index contributed by atoms with van der Waals surface area (Å²) >= 11 is 0. The zero-order valence-electron chi connectivity index (χ0n) is 8.33. The van der Waals surface area contributed by atoms with Crippen LogP contribution in [-0.2, 0) is 0 Å². The molecule has 0 amide bonds. The molecule has 0 aromatic heterocycles. The quantitative estimate of drug-likeness (QED) is 0.579. The zero-order valence-corrected chi connectivity index (χ0v) is 8.33. The summed E-state index contributed by atoms with van der Waals surface area (Å²) in [6, 6.07) is 0. The third-order valence-electron chi connectivity index (χ3n) is 5.07. The molecule has 4 unspecified atom stereocenters. The lowest BCUT2D eigenvalue weighted by Crippen LogP contribution is -2.50. The molecule has 3 fully saturated rings. The van der Waals surface area contributed by atoms with E-state index in [9.17, 15) is 5.21 Å². The minimum absolute atomic E-state index is 0.100. The maximum atomic E-state index is 11.8. The number of rotatable bonds is 1. The minimum atomic E-state index is 0.100. The van der Waals surface area contributed by atoms with Crippen molar-refractivity contribution in [3.05, 3.63) is 5.21 Å². The van der Waals surface area contributed by atoms with Crippen molar-refractivity contribution in [2.24, 2.45) is 17.8 Å². The molecular formula is C11H18NO-. The third kappa shape index (κ3) is 0.816. The molecule has 2 heteroatoms. The Hall–Kier alpha value is -0.0800. The van der Waals surface area contributed by atoms with Gasteiger partial charge in [-0.2, -0.15) is 0 Å². The standard InChI is InChI=1S/C11H18NO/c1-12(13)11-6-2-3-10(11)8-4-5-9(11)7-8/h8-10H,2-7H2,1H3/q-1. The number of hydrogen-bond acceptors (Lipinski definition) is 2. The lowest BCUT2D eigenvalue weighted by atomic mass is 9.75. The van der Waals surface area contributed by atoms with Crippen LogP contribution < -0.4 is 0 Å². The fourth-order valence-corrected chi connectivity index (χ4v) is 4.68. The molecule has 0 saturated heterocycles. The van der Waals surface area contributed by atoms with Crippen molar-refractivity contribution in [3.8, 4) is 0 Å². The van der Waals surface area contributed by atoms with Crippen LogP contribution in [0.15, 0.2) is 0 Å². The van der Waals surface area contributed by atoms with Crippen molar-refractivity contribution in [3.63, 3.8) is 0 Å². The van der Waals surface area contributed by atoms with Gasteiger partial charge in [0.25, 0.3) is 0 Å². The fourth-order valence-electron chi connectivity index (χ4n) is 4.68. The number of fused-ring (bicyclic) bond motifs is 5. The molecule has 13 heavy (non-hydrogen) atoms. The van der Waals surface area contributed by atoms with Gasteiger partial charge in [0.1, 0.15) is 0 Å². The summed E-state index contributed by atoms with van der Waals surface area (Å²) in [7, 11) is 1.76. The van der Waals surface area contributed by atoms with Gasteiger partial charge < -0.3 is 10.3 Å². The zero-order chi connectivity index (χ0) is 9.05. The predicted octanol–water partition coefficient (Wildman–Crippen LogP) is 2.38. The Morgan fingerprint density at radius 1 is 1.31 bits per heavy atom. The van der Waals surface area contributed by atoms with Crippen molar-refractivity contribution in [1.29, 1.82) is 0 Å². The number of hydroxylamine groups is 2. The first kappa shape index (κ1) is 8.25. The van der Waals surface area contributed by atoms with Gasteiger partial charge in [-0.1, -0.05) is 6.42 Å². The van der Waals surface area contributed by atoms with Crippen LogP contribution in [0.1, 0.15) is 38.5 Å². The first-order chi connectivity index (χ1) is 6.25. The average molecular weight is 180 g/mol. The summed E-state index contributed by atoms with van der Waals surface area (Å²) < 4.78 is 0. The first-order valence-electron chi connectivity index (χ1n) is 5.66. The van der Waals surface area contributed by atoms with Gasteiger partial charge in [-0.15, -0.1) is 0 Å². The van der Waals surface area contributed by atoms with E-state index in [4.69, 9.17) is 0 Å². The van der Waals surface area contributed by atoms with E-state index < -0.39 is 0 Å². The highest BCUT2D eigenvalue weighted by Gasteiger charge is 2.59. The van der Waals surface area contributed by atoms with Crippen LogP contribution >= 0.6 is 0 Å². The minimum Gasteiger partial charge on any atom is -0.785 e. The summed E-state index contributed by atoms with van der Waals surface area (Å²) in [4.78, 5) is 0. The van der Waals surface area contributed by atoms with E-state index in [0.29, 0.717) is 0 Å². The lowest BCUT2D eigenvalue weighted by Gasteiger charge is -2.50. The van der Waals surface area contributed by atoms with E-state index in [2.05, 4.69) is 0 Å². The molecule has 0 aromatic rings. The van der Waals surface area contributed by atoms with Crippen LogP contribution in [0.25, 0.3) is 0 Å². The first-order valence-corrected chi connectivity index (χ1v) is 5.66. The molecule has 74 valence electrons. The van der Waals surface area contributed by atoms with Crippen molar-refractivity contribution in [1.82, 2.24) is 5.06 Å². The van der Waals surface area contributed by atoms with E-state index in [-0.39, 0.29) is 5.54 Å². The molecule has 0 N–H and O–H groups in total. The summed E-state index contributed by atoms with van der Waals surface area (Å²) in [6.07, 6.45) is 7.90. The smallest absolute Gasteiger partial charge is 0.0148 e. The van der Waals surface area contributed by atoms with Gasteiger partial charge in [-0.3, -0.25) is 0 Å². The fraction of sp³-hybridized carbons (Fsp3) is 1.00. The van der Waals surface area contributed by atoms with E-state index in [0.717, 1.165) is 17.8 Å². The van der Waals surface area contributed by atoms with Crippen molar-refractivity contribution < 1.29 is 0 Å². The highest BCUT2D eigenvalue weighted by atomic mass is 16.5. The molecule has 0 spiro atoms. The lowest BCUT2D eigenvalue weighted by molar-refractivity contribution is 0.0653. The molecule has 0 heterocycles. The normalized spacial score (nSPS) is 53.3. The largest absolute Gasteiger partial charge is 0.785 e. The molecule has 0 radical (unpaired) electrons. The van der Waals surface area contributed by atoms with Crippen LogP contribution in [0.4, 0.5) is 0 Å². The predicted molar refractivity (Wildman–Crippen MR) is 52.0 cm³/mol. The van der Waals surface area contributed by atoms with Gasteiger partial charge in [-0.05, 0) is 56.9 Å². The maximum Gasteiger partial charge on any atom is 0.0148 e. The monoisotopic (exact) mass is 180 g/mol. The van der Waals surface area contributed by atoms with Gasteiger partial charge >= 0.3 is 0 Å². The van der Waals surface area contributed by atoms with Gasteiger partial charge in [0.15, 0.2) is 0 Å². The molecule has 0 aliphatic heterocycles. The topological polar surface area (TPSA) is 26.3 Å². The van der Waals surface area contributed by atoms with Gasteiger partial charge in [0.2, 0.25) is 0 Å². The Kier molecular flexibility index (Phi) is 1.58. The summed E-state index contributed by atoms with van der Waals surface area (Å²) in [5.74, 6) is 2.41. The van der Waals surface area contributed by atoms with Gasteiger partial charge in [0.05, 0.1) is 0 Å². The highest BCUT2D eigenvalue weighted by molar-refractivity contribution is 5.14. The second-order valence-electron chi connectivity index (χ2n) is 5.26. The van der Waals surface area contributed by atoms with E-state index >= 15 is 0 Å². The van der Waals surface area contributed by atoms with Crippen molar-refractivity contribution in [2.45, 2.75) is 44.1 Å². The van der Waals surface area contributed by atoms with Crippen molar-refractivity contribution >= 4 is 0 Å². The molecule has 3 aliphatic rings. The molecule has 2 bridgehead atoms. The van der Waals surface area contributed by atoms with E-state index in [1.807, 2.05) is 0 Å². The van der Waals surface area contributed by atoms with Crippen molar-refractivity contribution in [2.75, 3.05) is 7.05 Å². The van der Waals surface area contributed by atoms with Crippen LogP contribution in [0, 0.1) is 23.0 Å². The Balaban J connectivity index is 1.99. The second kappa shape index (κ2) is 2.48. The van der Waals surface area contributed by atoms with Crippen LogP contribution in [0.2, 0.25) is 0 Å². The van der Waals surface area contributed by atoms with Crippen LogP contribution in [0.3, 0.4) is 0 Å². The Labute approximate surface area is 79.9 Å². The van der Waals surface area contributed by atoms with Crippen LogP contribution in [0.5, 0.6) is 0 Å². The average Bonchev–Trinajstić information content (AvgIpc) is 2.76. The molecule has 3 rings (SSSR count). The molecule has 2 nitrogen and oxygen atoms in total. The Bertz CT molecular complexity index is 228. The number of hydrogen-bond donors (Lipinski definition) is 0. The van der Waals surface area contributed by atoms with E-state index in [1.54, 1.807) is 7.05 Å². The van der Waals surface area contributed by atoms with E-state index in [1.165, 1.54) is 43.6 Å². The second-order valence-corrected chi connectivity index (χ2v) is 5.26.